The zero-order valence-electron chi connectivity index (χ0n) is 9.65. The van der Waals surface area contributed by atoms with Crippen molar-refractivity contribution < 1.29 is 8.42 Å². The highest BCUT2D eigenvalue weighted by Gasteiger charge is 2.07. The van der Waals surface area contributed by atoms with Crippen LogP contribution in [-0.4, -0.2) is 25.7 Å². The highest BCUT2D eigenvalue weighted by molar-refractivity contribution is 7.99. The van der Waals surface area contributed by atoms with Crippen LogP contribution in [-0.2, 0) is 9.84 Å². The Hall–Kier alpha value is -0.390. The molecule has 96 valence electrons. The number of rotatable bonds is 6. The third-order valence-corrected chi connectivity index (χ3v) is 5.47. The van der Waals surface area contributed by atoms with Crippen LogP contribution in [0.2, 0.25) is 5.02 Å². The van der Waals surface area contributed by atoms with Gasteiger partial charge in [-0.3, -0.25) is 0 Å². The lowest BCUT2D eigenvalue weighted by Crippen LogP contribution is -2.09. The van der Waals surface area contributed by atoms with E-state index in [9.17, 15) is 8.42 Å². The highest BCUT2D eigenvalue weighted by atomic mass is 35.5. The molecule has 0 heterocycles. The minimum Gasteiger partial charge on any atom is -0.398 e. The Morgan fingerprint density at radius 3 is 2.71 bits per heavy atom. The molecule has 0 fully saturated rings. The van der Waals surface area contributed by atoms with Crippen LogP contribution in [0.15, 0.2) is 23.1 Å². The molecule has 1 aromatic carbocycles. The number of anilines is 1. The molecule has 0 amide bonds. The fourth-order valence-corrected chi connectivity index (χ4v) is 3.39. The molecule has 0 aliphatic rings. The van der Waals surface area contributed by atoms with E-state index in [4.69, 9.17) is 17.3 Å². The summed E-state index contributed by atoms with van der Waals surface area (Å²) in [5, 5.41) is 0.611. The molecule has 6 heteroatoms. The van der Waals surface area contributed by atoms with Crippen molar-refractivity contribution in [3.05, 3.63) is 23.2 Å². The van der Waals surface area contributed by atoms with Gasteiger partial charge in [0.1, 0.15) is 9.84 Å². The van der Waals surface area contributed by atoms with Crippen molar-refractivity contribution in [1.29, 1.82) is 0 Å². The predicted octanol–water partition coefficient (Wildman–Crippen LogP) is 2.84. The third kappa shape index (κ3) is 5.19. The van der Waals surface area contributed by atoms with E-state index in [2.05, 4.69) is 0 Å². The first-order valence-corrected chi connectivity index (χ1v) is 8.51. The van der Waals surface area contributed by atoms with Gasteiger partial charge >= 0.3 is 0 Å². The van der Waals surface area contributed by atoms with E-state index in [-0.39, 0.29) is 11.5 Å². The highest BCUT2D eigenvalue weighted by Crippen LogP contribution is 2.28. The average molecular weight is 294 g/mol. The zero-order valence-corrected chi connectivity index (χ0v) is 12.0. The molecule has 0 unspecified atom stereocenters. The van der Waals surface area contributed by atoms with Crippen LogP contribution in [0.3, 0.4) is 0 Å². The normalized spacial score (nSPS) is 11.6. The van der Waals surface area contributed by atoms with Crippen molar-refractivity contribution in [2.45, 2.75) is 18.2 Å². The molecule has 0 saturated carbocycles. The summed E-state index contributed by atoms with van der Waals surface area (Å²) in [6.07, 6.45) is 0.642. The van der Waals surface area contributed by atoms with Gasteiger partial charge in [-0.05, 0) is 30.4 Å². The van der Waals surface area contributed by atoms with E-state index in [1.54, 1.807) is 30.8 Å². The van der Waals surface area contributed by atoms with Gasteiger partial charge in [0.25, 0.3) is 0 Å². The van der Waals surface area contributed by atoms with Crippen molar-refractivity contribution in [2.75, 3.05) is 23.0 Å². The lowest BCUT2D eigenvalue weighted by molar-refractivity contribution is 0.596. The van der Waals surface area contributed by atoms with Crippen molar-refractivity contribution >= 4 is 38.9 Å². The quantitative estimate of drug-likeness (QED) is 0.498. The number of halogens is 1. The summed E-state index contributed by atoms with van der Waals surface area (Å²) in [5.41, 5.74) is 6.43. The Morgan fingerprint density at radius 1 is 1.41 bits per heavy atom. The Balaban J connectivity index is 2.41. The monoisotopic (exact) mass is 293 g/mol. The second kappa shape index (κ2) is 6.52. The van der Waals surface area contributed by atoms with Crippen LogP contribution >= 0.6 is 23.4 Å². The second-order valence-electron chi connectivity index (χ2n) is 3.62. The molecular weight excluding hydrogens is 278 g/mol. The second-order valence-corrected chi connectivity index (χ2v) is 7.67. The van der Waals surface area contributed by atoms with Gasteiger partial charge in [0.15, 0.2) is 0 Å². The van der Waals surface area contributed by atoms with Gasteiger partial charge in [-0.15, -0.1) is 11.8 Å². The molecule has 2 N–H and O–H groups in total. The molecule has 0 aliphatic heterocycles. The molecule has 3 nitrogen and oxygen atoms in total. The summed E-state index contributed by atoms with van der Waals surface area (Å²) in [7, 11) is -2.86. The third-order valence-electron chi connectivity index (χ3n) is 2.27. The molecule has 0 aromatic heterocycles. The first-order chi connectivity index (χ1) is 7.94. The molecular formula is C11H16ClNO2S2. The largest absolute Gasteiger partial charge is 0.398 e. The van der Waals surface area contributed by atoms with Gasteiger partial charge in [0.2, 0.25) is 0 Å². The number of thioether (sulfide) groups is 1. The fraction of sp³-hybridized carbons (Fsp3) is 0.455. The molecule has 17 heavy (non-hydrogen) atoms. The van der Waals surface area contributed by atoms with Gasteiger partial charge in [-0.25, -0.2) is 8.42 Å². The summed E-state index contributed by atoms with van der Waals surface area (Å²) in [5.74, 6) is 1.19. The smallest absolute Gasteiger partial charge is 0.150 e. The molecule has 1 aromatic rings. The lowest BCUT2D eigenvalue weighted by atomic mass is 10.3. The number of hydrogen-bond donors (Lipinski definition) is 1. The van der Waals surface area contributed by atoms with E-state index in [1.807, 2.05) is 6.07 Å². The summed E-state index contributed by atoms with van der Waals surface area (Å²) < 4.78 is 22.5. The first kappa shape index (κ1) is 14.7. The van der Waals surface area contributed by atoms with Crippen LogP contribution in [0.25, 0.3) is 0 Å². The Labute approximate surface area is 112 Å². The van der Waals surface area contributed by atoms with Crippen LogP contribution in [0.4, 0.5) is 5.69 Å². The van der Waals surface area contributed by atoms with Gasteiger partial charge < -0.3 is 5.73 Å². The SMILES string of the molecule is CCS(=O)(=O)CCCSc1ccc(Cl)cc1N. The molecule has 0 atom stereocenters. The Bertz CT molecular complexity index is 474. The van der Waals surface area contributed by atoms with Crippen molar-refractivity contribution in [3.63, 3.8) is 0 Å². The predicted molar refractivity (Wildman–Crippen MR) is 75.5 cm³/mol. The summed E-state index contributed by atoms with van der Waals surface area (Å²) >= 11 is 7.35. The van der Waals surface area contributed by atoms with Gasteiger partial charge in [0.05, 0.1) is 5.75 Å². The molecule has 0 aliphatic carbocycles. The number of nitrogens with two attached hydrogens (primary N) is 1. The van der Waals surface area contributed by atoms with E-state index in [0.717, 1.165) is 10.6 Å². The standard InChI is InChI=1S/C11H16ClNO2S2/c1-2-17(14,15)7-3-6-16-11-5-4-9(12)8-10(11)13/h4-5,8H,2-3,6-7,13H2,1H3. The average Bonchev–Trinajstić information content (AvgIpc) is 2.27. The number of hydrogen-bond acceptors (Lipinski definition) is 4. The zero-order chi connectivity index (χ0) is 12.9. The molecule has 0 radical (unpaired) electrons. The summed E-state index contributed by atoms with van der Waals surface area (Å²) in [4.78, 5) is 0.947. The molecule has 0 saturated heterocycles. The van der Waals surface area contributed by atoms with Crippen molar-refractivity contribution in [3.8, 4) is 0 Å². The topological polar surface area (TPSA) is 60.2 Å². The van der Waals surface area contributed by atoms with E-state index in [1.165, 1.54) is 0 Å². The maximum atomic E-state index is 11.3. The number of nitrogen functional groups attached to an aromatic ring is 1. The van der Waals surface area contributed by atoms with Gasteiger partial charge in [-0.1, -0.05) is 18.5 Å². The fourth-order valence-electron chi connectivity index (χ4n) is 1.26. The minimum atomic E-state index is -2.86. The van der Waals surface area contributed by atoms with E-state index >= 15 is 0 Å². The van der Waals surface area contributed by atoms with E-state index < -0.39 is 9.84 Å². The maximum absolute atomic E-state index is 11.3. The van der Waals surface area contributed by atoms with Gasteiger partial charge in [0, 0.05) is 21.4 Å². The van der Waals surface area contributed by atoms with Crippen LogP contribution < -0.4 is 5.73 Å². The molecule has 0 bridgehead atoms. The maximum Gasteiger partial charge on any atom is 0.150 e. The summed E-state index contributed by atoms with van der Waals surface area (Å²) in [6, 6.07) is 5.34. The number of sulfone groups is 1. The Morgan fingerprint density at radius 2 is 2.12 bits per heavy atom. The molecule has 1 rings (SSSR count). The van der Waals surface area contributed by atoms with Crippen molar-refractivity contribution in [2.24, 2.45) is 0 Å². The van der Waals surface area contributed by atoms with E-state index in [0.29, 0.717) is 17.1 Å². The van der Waals surface area contributed by atoms with Crippen LogP contribution in [0, 0.1) is 0 Å². The van der Waals surface area contributed by atoms with Gasteiger partial charge in [-0.2, -0.15) is 0 Å². The van der Waals surface area contributed by atoms with Crippen molar-refractivity contribution in [1.82, 2.24) is 0 Å². The van der Waals surface area contributed by atoms with Crippen LogP contribution in [0.1, 0.15) is 13.3 Å². The Kier molecular flexibility index (Phi) is 5.62. The number of benzene rings is 1. The lowest BCUT2D eigenvalue weighted by Gasteiger charge is -2.05. The van der Waals surface area contributed by atoms with Crippen LogP contribution in [0.5, 0.6) is 0 Å². The summed E-state index contributed by atoms with van der Waals surface area (Å²) in [6.45, 7) is 1.67. The molecule has 0 spiro atoms. The first-order valence-electron chi connectivity index (χ1n) is 5.33. The minimum absolute atomic E-state index is 0.209.